The molecule has 2 aromatic heterocycles. The van der Waals surface area contributed by atoms with Gasteiger partial charge >= 0.3 is 5.97 Å². The number of aromatic nitrogens is 3. The van der Waals surface area contributed by atoms with Crippen LogP contribution in [0.2, 0.25) is 0 Å². The number of carbonyl (C=O) groups excluding carboxylic acids is 2. The summed E-state index contributed by atoms with van der Waals surface area (Å²) in [4.78, 5) is 26.9. The second-order valence-electron chi connectivity index (χ2n) is 7.87. The lowest BCUT2D eigenvalue weighted by atomic mass is 9.96. The summed E-state index contributed by atoms with van der Waals surface area (Å²) in [5, 5.41) is 11.5. The summed E-state index contributed by atoms with van der Waals surface area (Å²) in [6.45, 7) is 1.85. The van der Waals surface area contributed by atoms with Crippen molar-refractivity contribution in [1.82, 2.24) is 24.8 Å². The zero-order valence-electron chi connectivity index (χ0n) is 17.6. The Labute approximate surface area is 181 Å². The predicted octanol–water partition coefficient (Wildman–Crippen LogP) is 1.81. The number of esters is 1. The number of hydrogen-bond acceptors (Lipinski definition) is 6. The van der Waals surface area contributed by atoms with E-state index in [1.165, 1.54) is 7.11 Å². The molecule has 0 spiro atoms. The third-order valence-electron chi connectivity index (χ3n) is 5.76. The number of ether oxygens (including phenoxy) is 1. The molecule has 1 aliphatic rings. The van der Waals surface area contributed by atoms with Crippen molar-refractivity contribution in [2.24, 2.45) is 0 Å². The molecule has 8 heteroatoms. The molecule has 0 saturated carbocycles. The third kappa shape index (κ3) is 5.08. The van der Waals surface area contributed by atoms with E-state index in [-0.39, 0.29) is 12.5 Å². The Morgan fingerprint density at radius 2 is 1.84 bits per heavy atom. The van der Waals surface area contributed by atoms with E-state index in [1.54, 1.807) is 0 Å². The Bertz CT molecular complexity index is 1030. The normalized spacial score (nSPS) is 16.2. The van der Waals surface area contributed by atoms with Crippen molar-refractivity contribution < 1.29 is 14.3 Å². The van der Waals surface area contributed by atoms with Crippen LogP contribution in [0.3, 0.4) is 0 Å². The van der Waals surface area contributed by atoms with Crippen LogP contribution in [0, 0.1) is 0 Å². The molecule has 1 aliphatic heterocycles. The fraction of sp³-hybridized carbons (Fsp3) is 0.391. The summed E-state index contributed by atoms with van der Waals surface area (Å²) in [7, 11) is 1.34. The number of hydrogen-bond donors (Lipinski definition) is 1. The third-order valence-corrected chi connectivity index (χ3v) is 5.76. The summed E-state index contributed by atoms with van der Waals surface area (Å²) in [5.74, 6) is 0.693. The number of piperidine rings is 1. The van der Waals surface area contributed by atoms with Crippen molar-refractivity contribution in [3.05, 3.63) is 66.1 Å². The lowest BCUT2D eigenvalue weighted by Crippen LogP contribution is -2.48. The van der Waals surface area contributed by atoms with Gasteiger partial charge in [0, 0.05) is 18.5 Å². The lowest BCUT2D eigenvalue weighted by Gasteiger charge is -2.31. The lowest BCUT2D eigenvalue weighted by molar-refractivity contribution is -0.145. The fourth-order valence-electron chi connectivity index (χ4n) is 4.12. The molecule has 1 saturated heterocycles. The maximum atomic E-state index is 12.6. The SMILES string of the molecule is COC(=O)C(Cc1ccccc1)NC(=O)CN1CCC(c2nnc3ccccn23)CC1. The largest absolute Gasteiger partial charge is 0.467 e. The average Bonchev–Trinajstić information content (AvgIpc) is 3.23. The molecule has 1 amide bonds. The van der Waals surface area contributed by atoms with Crippen molar-refractivity contribution in [3.63, 3.8) is 0 Å². The van der Waals surface area contributed by atoms with Crippen LogP contribution in [0.4, 0.5) is 0 Å². The van der Waals surface area contributed by atoms with E-state index < -0.39 is 12.0 Å². The molecule has 4 rings (SSSR count). The first-order chi connectivity index (χ1) is 15.1. The van der Waals surface area contributed by atoms with Crippen LogP contribution in [0.1, 0.15) is 30.1 Å². The molecule has 8 nitrogen and oxygen atoms in total. The highest BCUT2D eigenvalue weighted by atomic mass is 16.5. The Kier molecular flexibility index (Phi) is 6.57. The summed E-state index contributed by atoms with van der Waals surface area (Å²) in [6.07, 6.45) is 4.21. The number of methoxy groups -OCH3 is 1. The molecule has 1 fully saturated rings. The van der Waals surface area contributed by atoms with E-state index in [0.717, 1.165) is 43.0 Å². The van der Waals surface area contributed by atoms with E-state index in [2.05, 4.69) is 20.4 Å². The molecular weight excluding hydrogens is 394 g/mol. The van der Waals surface area contributed by atoms with Gasteiger partial charge in [-0.2, -0.15) is 0 Å². The summed E-state index contributed by atoms with van der Waals surface area (Å²) >= 11 is 0. The van der Waals surface area contributed by atoms with Crippen LogP contribution < -0.4 is 5.32 Å². The quantitative estimate of drug-likeness (QED) is 0.586. The highest BCUT2D eigenvalue weighted by molar-refractivity contribution is 5.85. The van der Waals surface area contributed by atoms with Crippen molar-refractivity contribution in [2.75, 3.05) is 26.7 Å². The molecule has 1 unspecified atom stereocenters. The maximum Gasteiger partial charge on any atom is 0.328 e. The van der Waals surface area contributed by atoms with Crippen molar-refractivity contribution in [3.8, 4) is 0 Å². The van der Waals surface area contributed by atoms with Gasteiger partial charge < -0.3 is 10.1 Å². The van der Waals surface area contributed by atoms with Gasteiger partial charge in [-0.1, -0.05) is 36.4 Å². The zero-order chi connectivity index (χ0) is 21.6. The highest BCUT2D eigenvalue weighted by Crippen LogP contribution is 2.26. The molecule has 31 heavy (non-hydrogen) atoms. The van der Waals surface area contributed by atoms with E-state index in [4.69, 9.17) is 4.74 Å². The van der Waals surface area contributed by atoms with Crippen LogP contribution in [-0.2, 0) is 20.7 Å². The Hall–Kier alpha value is -3.26. The first kappa shape index (κ1) is 21.0. The Morgan fingerprint density at radius 1 is 1.10 bits per heavy atom. The number of benzene rings is 1. The van der Waals surface area contributed by atoms with Gasteiger partial charge in [0.25, 0.3) is 0 Å². The fourth-order valence-corrected chi connectivity index (χ4v) is 4.12. The van der Waals surface area contributed by atoms with Crippen LogP contribution in [-0.4, -0.2) is 64.2 Å². The highest BCUT2D eigenvalue weighted by Gasteiger charge is 2.27. The average molecular weight is 422 g/mol. The van der Waals surface area contributed by atoms with Gasteiger partial charge in [0.15, 0.2) is 5.65 Å². The second-order valence-corrected chi connectivity index (χ2v) is 7.87. The van der Waals surface area contributed by atoms with E-state index in [0.29, 0.717) is 12.3 Å². The Balaban J connectivity index is 1.31. The van der Waals surface area contributed by atoms with Gasteiger partial charge in [-0.25, -0.2) is 4.79 Å². The standard InChI is InChI=1S/C23H27N5O3/c1-31-23(30)19(15-17-7-3-2-4-8-17)24-21(29)16-27-13-10-18(11-14-27)22-26-25-20-9-5-6-12-28(20)22/h2-9,12,18-19H,10-11,13-16H2,1H3,(H,24,29). The van der Waals surface area contributed by atoms with Crippen LogP contribution in [0.5, 0.6) is 0 Å². The molecule has 0 bridgehead atoms. The molecule has 1 aromatic carbocycles. The minimum atomic E-state index is -0.695. The minimum Gasteiger partial charge on any atom is -0.467 e. The monoisotopic (exact) mass is 421 g/mol. The molecule has 162 valence electrons. The first-order valence-corrected chi connectivity index (χ1v) is 10.6. The summed E-state index contributed by atoms with van der Waals surface area (Å²) in [6, 6.07) is 14.8. The molecule has 3 heterocycles. The number of likely N-dealkylation sites (tertiary alicyclic amines) is 1. The summed E-state index contributed by atoms with van der Waals surface area (Å²) < 4.78 is 6.92. The van der Waals surface area contributed by atoms with E-state index >= 15 is 0 Å². The van der Waals surface area contributed by atoms with Crippen molar-refractivity contribution in [1.29, 1.82) is 0 Å². The number of rotatable bonds is 7. The first-order valence-electron chi connectivity index (χ1n) is 10.6. The molecule has 1 N–H and O–H groups in total. The predicted molar refractivity (Wildman–Crippen MR) is 115 cm³/mol. The molecule has 0 radical (unpaired) electrons. The topological polar surface area (TPSA) is 88.8 Å². The smallest absolute Gasteiger partial charge is 0.328 e. The number of fused-ring (bicyclic) bond motifs is 1. The Morgan fingerprint density at radius 3 is 2.58 bits per heavy atom. The zero-order valence-corrected chi connectivity index (χ0v) is 17.6. The van der Waals surface area contributed by atoms with Crippen LogP contribution >= 0.6 is 0 Å². The second kappa shape index (κ2) is 9.70. The number of nitrogens with one attached hydrogen (secondary N) is 1. The van der Waals surface area contributed by atoms with Crippen molar-refractivity contribution >= 4 is 17.5 Å². The van der Waals surface area contributed by atoms with Gasteiger partial charge in [0.05, 0.1) is 13.7 Å². The molecular formula is C23H27N5O3. The van der Waals surface area contributed by atoms with Gasteiger partial charge in [-0.3, -0.25) is 14.1 Å². The van der Waals surface area contributed by atoms with Gasteiger partial charge in [-0.05, 0) is 43.6 Å². The van der Waals surface area contributed by atoms with E-state index in [9.17, 15) is 9.59 Å². The van der Waals surface area contributed by atoms with Crippen LogP contribution in [0.15, 0.2) is 54.7 Å². The number of pyridine rings is 1. The maximum absolute atomic E-state index is 12.6. The summed E-state index contributed by atoms with van der Waals surface area (Å²) in [5.41, 5.74) is 1.83. The molecule has 1 atom stereocenters. The van der Waals surface area contributed by atoms with Crippen LogP contribution in [0.25, 0.3) is 5.65 Å². The molecule has 3 aromatic rings. The molecule has 0 aliphatic carbocycles. The van der Waals surface area contributed by atoms with Gasteiger partial charge in [-0.15, -0.1) is 10.2 Å². The van der Waals surface area contributed by atoms with Gasteiger partial charge in [0.2, 0.25) is 5.91 Å². The minimum absolute atomic E-state index is 0.169. The van der Waals surface area contributed by atoms with E-state index in [1.807, 2.05) is 59.1 Å². The number of amides is 1. The van der Waals surface area contributed by atoms with Gasteiger partial charge in [0.1, 0.15) is 11.9 Å². The van der Waals surface area contributed by atoms with Crippen molar-refractivity contribution in [2.45, 2.75) is 31.2 Å². The number of nitrogens with zero attached hydrogens (tertiary/aromatic N) is 4. The number of carbonyl (C=O) groups is 2.